The van der Waals surface area contributed by atoms with E-state index >= 15 is 0 Å². The molecular weight excluding hydrogens is 256 g/mol. The second kappa shape index (κ2) is 6.31. The third-order valence-corrected chi connectivity index (χ3v) is 3.69. The second-order valence-corrected chi connectivity index (χ2v) is 5.16. The Hall–Kier alpha value is -2.48. The zero-order valence-electron chi connectivity index (χ0n) is 12.3. The van der Waals surface area contributed by atoms with Gasteiger partial charge in [0.1, 0.15) is 6.54 Å². The molecule has 0 aliphatic carbocycles. The Bertz CT molecular complexity index is 686. The van der Waals surface area contributed by atoms with Crippen molar-refractivity contribution in [3.05, 3.63) is 84.9 Å². The molecule has 0 aliphatic rings. The van der Waals surface area contributed by atoms with E-state index < -0.39 is 0 Å². The van der Waals surface area contributed by atoms with E-state index in [0.29, 0.717) is 0 Å². The molecule has 0 spiro atoms. The molecule has 0 radical (unpaired) electrons. The molecule has 104 valence electrons. The molecule has 1 aromatic carbocycles. The van der Waals surface area contributed by atoms with Crippen LogP contribution in [0.15, 0.2) is 79.4 Å². The molecule has 21 heavy (non-hydrogen) atoms. The van der Waals surface area contributed by atoms with Crippen molar-refractivity contribution in [2.75, 3.05) is 0 Å². The van der Waals surface area contributed by atoms with Crippen LogP contribution in [0.25, 0.3) is 11.1 Å². The third-order valence-electron chi connectivity index (χ3n) is 3.69. The van der Waals surface area contributed by atoms with Crippen molar-refractivity contribution in [3.63, 3.8) is 0 Å². The van der Waals surface area contributed by atoms with Crippen LogP contribution in [0.3, 0.4) is 0 Å². The lowest BCUT2D eigenvalue weighted by Gasteiger charge is -2.01. The first-order valence-corrected chi connectivity index (χ1v) is 7.37. The molecule has 2 heteroatoms. The summed E-state index contributed by atoms with van der Waals surface area (Å²) in [7, 11) is 0. The molecule has 3 rings (SSSR count). The molecule has 0 bridgehead atoms. The molecule has 0 amide bonds. The van der Waals surface area contributed by atoms with E-state index in [-0.39, 0.29) is 0 Å². The summed E-state index contributed by atoms with van der Waals surface area (Å²) in [5.74, 6) is 0. The Morgan fingerprint density at radius 2 is 1.19 bits per heavy atom. The van der Waals surface area contributed by atoms with Crippen molar-refractivity contribution >= 4 is 0 Å². The highest BCUT2D eigenvalue weighted by atomic mass is 14.9. The van der Waals surface area contributed by atoms with Gasteiger partial charge < -0.3 is 0 Å². The maximum absolute atomic E-state index is 2.20. The second-order valence-electron chi connectivity index (χ2n) is 5.16. The predicted molar refractivity (Wildman–Crippen MR) is 83.5 cm³/mol. The number of benzene rings is 1. The molecule has 0 atom stereocenters. The Morgan fingerprint density at radius 3 is 1.71 bits per heavy atom. The Balaban J connectivity index is 1.77. The molecule has 3 aromatic rings. The van der Waals surface area contributed by atoms with Crippen LogP contribution in [0.4, 0.5) is 0 Å². The van der Waals surface area contributed by atoms with Gasteiger partial charge in [0.05, 0.1) is 0 Å². The topological polar surface area (TPSA) is 7.76 Å². The SMILES string of the molecule is CC[n+]1ccc(-c2cc[n+](Cc3ccccc3)cc2)cc1. The smallest absolute Gasteiger partial charge is 0.173 e. The summed E-state index contributed by atoms with van der Waals surface area (Å²) in [6.07, 6.45) is 8.53. The number of aromatic nitrogens is 2. The van der Waals surface area contributed by atoms with Crippen LogP contribution in [0.1, 0.15) is 12.5 Å². The van der Waals surface area contributed by atoms with Crippen molar-refractivity contribution in [2.45, 2.75) is 20.0 Å². The zero-order valence-corrected chi connectivity index (χ0v) is 12.3. The molecule has 0 aliphatic heterocycles. The van der Waals surface area contributed by atoms with Crippen LogP contribution in [-0.4, -0.2) is 0 Å². The quantitative estimate of drug-likeness (QED) is 0.647. The first kappa shape index (κ1) is 13.5. The lowest BCUT2D eigenvalue weighted by molar-refractivity contribution is -0.693. The van der Waals surface area contributed by atoms with Gasteiger partial charge in [0.15, 0.2) is 31.3 Å². The lowest BCUT2D eigenvalue weighted by Crippen LogP contribution is -2.33. The van der Waals surface area contributed by atoms with Crippen molar-refractivity contribution in [3.8, 4) is 11.1 Å². The summed E-state index contributed by atoms with van der Waals surface area (Å²) < 4.78 is 4.37. The van der Waals surface area contributed by atoms with Crippen LogP contribution in [-0.2, 0) is 13.1 Å². The molecule has 0 saturated heterocycles. The van der Waals surface area contributed by atoms with Gasteiger partial charge in [0.25, 0.3) is 0 Å². The average molecular weight is 276 g/mol. The van der Waals surface area contributed by atoms with Crippen LogP contribution < -0.4 is 9.13 Å². The maximum Gasteiger partial charge on any atom is 0.173 e. The number of nitrogens with zero attached hydrogens (tertiary/aromatic N) is 2. The van der Waals surface area contributed by atoms with Gasteiger partial charge in [-0.25, -0.2) is 9.13 Å². The zero-order chi connectivity index (χ0) is 14.5. The van der Waals surface area contributed by atoms with Gasteiger partial charge in [0, 0.05) is 29.8 Å². The molecule has 0 N–H and O–H groups in total. The highest BCUT2D eigenvalue weighted by Crippen LogP contribution is 2.15. The van der Waals surface area contributed by atoms with Crippen LogP contribution in [0.5, 0.6) is 0 Å². The Labute approximate surface area is 125 Å². The number of pyridine rings is 2. The maximum atomic E-state index is 2.20. The van der Waals surface area contributed by atoms with Crippen LogP contribution >= 0.6 is 0 Å². The molecule has 0 fully saturated rings. The number of hydrogen-bond acceptors (Lipinski definition) is 0. The lowest BCUT2D eigenvalue weighted by atomic mass is 10.1. The summed E-state index contributed by atoms with van der Waals surface area (Å²) in [6.45, 7) is 4.06. The number of rotatable bonds is 4. The highest BCUT2D eigenvalue weighted by molar-refractivity contribution is 5.60. The van der Waals surface area contributed by atoms with E-state index in [4.69, 9.17) is 0 Å². The van der Waals surface area contributed by atoms with E-state index in [2.05, 4.69) is 95.4 Å². The minimum Gasteiger partial charge on any atom is -0.205 e. The summed E-state index contributed by atoms with van der Waals surface area (Å²) in [5, 5.41) is 0. The fourth-order valence-corrected chi connectivity index (χ4v) is 2.41. The van der Waals surface area contributed by atoms with Gasteiger partial charge in [-0.05, 0) is 18.1 Å². The summed E-state index contributed by atoms with van der Waals surface area (Å²) in [4.78, 5) is 0. The molecule has 0 unspecified atom stereocenters. The Kier molecular flexibility index (Phi) is 4.06. The third kappa shape index (κ3) is 3.34. The van der Waals surface area contributed by atoms with E-state index in [9.17, 15) is 0 Å². The average Bonchev–Trinajstić information content (AvgIpc) is 2.57. The largest absolute Gasteiger partial charge is 0.205 e. The molecule has 2 nitrogen and oxygen atoms in total. The Morgan fingerprint density at radius 1 is 0.667 bits per heavy atom. The van der Waals surface area contributed by atoms with E-state index in [0.717, 1.165) is 13.1 Å². The first-order valence-electron chi connectivity index (χ1n) is 7.37. The highest BCUT2D eigenvalue weighted by Gasteiger charge is 2.05. The van der Waals surface area contributed by atoms with Gasteiger partial charge in [0.2, 0.25) is 0 Å². The standard InChI is InChI=1S/C19H20N2/c1-2-20-12-8-18(9-13-20)19-10-14-21(15-11-19)16-17-6-4-3-5-7-17/h3-15H,2,16H2,1H3/q+2. The monoisotopic (exact) mass is 276 g/mol. The van der Waals surface area contributed by atoms with E-state index in [1.54, 1.807) is 0 Å². The number of hydrogen-bond donors (Lipinski definition) is 0. The first-order chi connectivity index (χ1) is 10.3. The van der Waals surface area contributed by atoms with Crippen molar-refractivity contribution in [1.82, 2.24) is 0 Å². The van der Waals surface area contributed by atoms with Gasteiger partial charge in [-0.1, -0.05) is 30.3 Å². The predicted octanol–water partition coefficient (Wildman–Crippen LogP) is 3.00. The van der Waals surface area contributed by atoms with Crippen molar-refractivity contribution in [2.24, 2.45) is 0 Å². The van der Waals surface area contributed by atoms with Crippen molar-refractivity contribution in [1.29, 1.82) is 0 Å². The molecule has 2 aromatic heterocycles. The summed E-state index contributed by atoms with van der Waals surface area (Å²) >= 11 is 0. The van der Waals surface area contributed by atoms with Gasteiger partial charge >= 0.3 is 0 Å². The minimum absolute atomic E-state index is 0.908. The fourth-order valence-electron chi connectivity index (χ4n) is 2.41. The van der Waals surface area contributed by atoms with Crippen molar-refractivity contribution < 1.29 is 9.13 Å². The fraction of sp³-hybridized carbons (Fsp3) is 0.158. The van der Waals surface area contributed by atoms with E-state index in [1.807, 2.05) is 0 Å². The van der Waals surface area contributed by atoms with Crippen LogP contribution in [0.2, 0.25) is 0 Å². The van der Waals surface area contributed by atoms with Gasteiger partial charge in [-0.3, -0.25) is 0 Å². The van der Waals surface area contributed by atoms with E-state index in [1.165, 1.54) is 16.7 Å². The minimum atomic E-state index is 0.908. The van der Waals surface area contributed by atoms with Crippen LogP contribution in [0, 0.1) is 0 Å². The summed E-state index contributed by atoms with van der Waals surface area (Å²) in [6, 6.07) is 19.2. The number of aryl methyl sites for hydroxylation is 1. The molecule has 0 saturated carbocycles. The van der Waals surface area contributed by atoms with Gasteiger partial charge in [-0.2, -0.15) is 0 Å². The molecular formula is C19H20N2+2. The molecule has 2 heterocycles. The normalized spacial score (nSPS) is 10.5. The summed E-state index contributed by atoms with van der Waals surface area (Å²) in [5.41, 5.74) is 3.83. The van der Waals surface area contributed by atoms with Gasteiger partial charge in [-0.15, -0.1) is 0 Å².